The van der Waals surface area contributed by atoms with Gasteiger partial charge in [0.2, 0.25) is 5.91 Å². The molecule has 1 aromatic heterocycles. The molecular weight excluding hydrogens is 427 g/mol. The number of hydrogen-bond acceptors (Lipinski definition) is 6. The number of rotatable bonds is 8. The molecule has 1 saturated heterocycles. The van der Waals surface area contributed by atoms with E-state index in [-0.39, 0.29) is 24.8 Å². The van der Waals surface area contributed by atoms with Crippen LogP contribution in [0.1, 0.15) is 17.6 Å². The molecule has 0 bridgehead atoms. The van der Waals surface area contributed by atoms with Crippen LogP contribution in [-0.4, -0.2) is 48.5 Å². The standard InChI is InChI=1S/C24H27FN4O2S/c1-2-28-11-13-29(14-12-28)21-7-5-19(6-8-21)26-23(30)15-20-17-32-24(27-20)16-31-22-9-3-18(25)4-10-22/h3-10,17H,2,11-16H2,1H3,(H,26,30). The summed E-state index contributed by atoms with van der Waals surface area (Å²) in [6.07, 6.45) is 0.202. The summed E-state index contributed by atoms with van der Waals surface area (Å²) >= 11 is 1.44. The Morgan fingerprint density at radius 1 is 1.09 bits per heavy atom. The number of carbonyl (C=O) groups is 1. The number of likely N-dealkylation sites (N-methyl/N-ethyl adjacent to an activating group) is 1. The van der Waals surface area contributed by atoms with Crippen molar-refractivity contribution in [3.05, 3.63) is 70.4 Å². The summed E-state index contributed by atoms with van der Waals surface area (Å²) in [4.78, 5) is 21.7. The number of carbonyl (C=O) groups excluding carboxylic acids is 1. The molecule has 8 heteroatoms. The second-order valence-electron chi connectivity index (χ2n) is 7.67. The quantitative estimate of drug-likeness (QED) is 0.553. The number of hydrogen-bond donors (Lipinski definition) is 1. The molecule has 0 radical (unpaired) electrons. The molecule has 0 aliphatic carbocycles. The molecular formula is C24H27FN4O2S. The first-order chi connectivity index (χ1) is 15.6. The van der Waals surface area contributed by atoms with Gasteiger partial charge in [-0.1, -0.05) is 6.92 Å². The van der Waals surface area contributed by atoms with Gasteiger partial charge < -0.3 is 19.9 Å². The van der Waals surface area contributed by atoms with Gasteiger partial charge in [-0.05, 0) is 55.1 Å². The molecule has 1 aliphatic rings. The molecule has 3 aromatic rings. The maximum atomic E-state index is 13.0. The van der Waals surface area contributed by atoms with Gasteiger partial charge in [0.25, 0.3) is 0 Å². The smallest absolute Gasteiger partial charge is 0.230 e. The van der Waals surface area contributed by atoms with Gasteiger partial charge in [-0.3, -0.25) is 4.79 Å². The van der Waals surface area contributed by atoms with E-state index in [0.29, 0.717) is 11.4 Å². The lowest BCUT2D eigenvalue weighted by Crippen LogP contribution is -2.46. The first-order valence-corrected chi connectivity index (χ1v) is 11.7. The molecule has 2 aromatic carbocycles. The predicted octanol–water partition coefficient (Wildman–Crippen LogP) is 4.18. The zero-order valence-corrected chi connectivity index (χ0v) is 18.9. The van der Waals surface area contributed by atoms with Crippen molar-refractivity contribution in [2.45, 2.75) is 20.0 Å². The molecule has 1 fully saturated rings. The zero-order valence-electron chi connectivity index (χ0n) is 18.1. The minimum atomic E-state index is -0.302. The highest BCUT2D eigenvalue weighted by Gasteiger charge is 2.16. The number of aromatic nitrogens is 1. The van der Waals surface area contributed by atoms with Gasteiger partial charge in [0, 0.05) is 42.9 Å². The van der Waals surface area contributed by atoms with Crippen molar-refractivity contribution in [3.63, 3.8) is 0 Å². The number of ether oxygens (including phenoxy) is 1. The molecule has 4 rings (SSSR count). The Morgan fingerprint density at radius 2 is 1.81 bits per heavy atom. The van der Waals surface area contributed by atoms with Crippen molar-refractivity contribution in [1.29, 1.82) is 0 Å². The molecule has 0 atom stereocenters. The summed E-state index contributed by atoms with van der Waals surface area (Å²) in [6, 6.07) is 13.9. The number of thiazole rings is 1. The molecule has 0 spiro atoms. The van der Waals surface area contributed by atoms with Crippen LogP contribution in [0.15, 0.2) is 53.9 Å². The molecule has 6 nitrogen and oxygen atoms in total. The predicted molar refractivity (Wildman–Crippen MR) is 126 cm³/mol. The van der Waals surface area contributed by atoms with Crippen molar-refractivity contribution in [2.24, 2.45) is 0 Å². The molecule has 1 amide bonds. The maximum Gasteiger partial charge on any atom is 0.230 e. The lowest BCUT2D eigenvalue weighted by molar-refractivity contribution is -0.115. The van der Waals surface area contributed by atoms with E-state index in [0.717, 1.165) is 43.4 Å². The third-order valence-corrected chi connectivity index (χ3v) is 6.32. The van der Waals surface area contributed by atoms with Gasteiger partial charge in [-0.15, -0.1) is 11.3 Å². The molecule has 0 unspecified atom stereocenters. The van der Waals surface area contributed by atoms with Crippen molar-refractivity contribution in [2.75, 3.05) is 42.9 Å². The minimum absolute atomic E-state index is 0.106. The van der Waals surface area contributed by atoms with E-state index in [2.05, 4.69) is 39.2 Å². The van der Waals surface area contributed by atoms with Crippen LogP contribution in [0.5, 0.6) is 5.75 Å². The van der Waals surface area contributed by atoms with Crippen LogP contribution < -0.4 is 15.0 Å². The molecule has 1 aliphatic heterocycles. The highest BCUT2D eigenvalue weighted by atomic mass is 32.1. The van der Waals surface area contributed by atoms with Crippen molar-refractivity contribution >= 4 is 28.6 Å². The highest BCUT2D eigenvalue weighted by molar-refractivity contribution is 7.09. The Balaban J connectivity index is 1.24. The lowest BCUT2D eigenvalue weighted by atomic mass is 10.2. The highest BCUT2D eigenvalue weighted by Crippen LogP contribution is 2.20. The van der Waals surface area contributed by atoms with E-state index in [9.17, 15) is 9.18 Å². The van der Waals surface area contributed by atoms with E-state index >= 15 is 0 Å². The van der Waals surface area contributed by atoms with Gasteiger partial charge in [-0.2, -0.15) is 0 Å². The van der Waals surface area contributed by atoms with E-state index in [1.165, 1.54) is 29.2 Å². The fourth-order valence-electron chi connectivity index (χ4n) is 3.62. The topological polar surface area (TPSA) is 57.7 Å². The van der Waals surface area contributed by atoms with Crippen molar-refractivity contribution in [3.8, 4) is 5.75 Å². The summed E-state index contributed by atoms with van der Waals surface area (Å²) in [5.74, 6) is 0.173. The number of nitrogens with zero attached hydrogens (tertiary/aromatic N) is 3. The Labute approximate surface area is 191 Å². The van der Waals surface area contributed by atoms with Gasteiger partial charge in [0.05, 0.1) is 12.1 Å². The Kier molecular flexibility index (Phi) is 7.34. The number of halogens is 1. The second-order valence-corrected chi connectivity index (χ2v) is 8.61. The van der Waals surface area contributed by atoms with Crippen LogP contribution in [0.25, 0.3) is 0 Å². The van der Waals surface area contributed by atoms with Crippen LogP contribution in [0.4, 0.5) is 15.8 Å². The van der Waals surface area contributed by atoms with Gasteiger partial charge in [-0.25, -0.2) is 9.37 Å². The summed E-state index contributed by atoms with van der Waals surface area (Å²) in [5, 5.41) is 5.57. The van der Waals surface area contributed by atoms with Crippen molar-refractivity contribution in [1.82, 2.24) is 9.88 Å². The van der Waals surface area contributed by atoms with Crippen LogP contribution in [0.2, 0.25) is 0 Å². The largest absolute Gasteiger partial charge is 0.486 e. The number of piperazine rings is 1. The molecule has 32 heavy (non-hydrogen) atoms. The minimum Gasteiger partial charge on any atom is -0.486 e. The molecule has 0 saturated carbocycles. The summed E-state index contributed by atoms with van der Waals surface area (Å²) < 4.78 is 18.6. The van der Waals surface area contributed by atoms with E-state index in [1.807, 2.05) is 17.5 Å². The Morgan fingerprint density at radius 3 is 2.50 bits per heavy atom. The number of amides is 1. The zero-order chi connectivity index (χ0) is 22.3. The average Bonchev–Trinajstić information content (AvgIpc) is 3.26. The first kappa shape index (κ1) is 22.2. The van der Waals surface area contributed by atoms with E-state index < -0.39 is 0 Å². The second kappa shape index (κ2) is 10.6. The summed E-state index contributed by atoms with van der Waals surface area (Å²) in [5.41, 5.74) is 2.67. The normalized spacial score (nSPS) is 14.4. The van der Waals surface area contributed by atoms with Gasteiger partial charge in [0.1, 0.15) is 23.2 Å². The molecule has 2 heterocycles. The van der Waals surface area contributed by atoms with E-state index in [1.54, 1.807) is 12.1 Å². The molecule has 168 valence electrons. The van der Waals surface area contributed by atoms with Crippen molar-refractivity contribution < 1.29 is 13.9 Å². The van der Waals surface area contributed by atoms with Crippen LogP contribution in [-0.2, 0) is 17.8 Å². The molecule has 1 N–H and O–H groups in total. The SMILES string of the molecule is CCN1CCN(c2ccc(NC(=O)Cc3csc(COc4ccc(F)cc4)n3)cc2)CC1. The maximum absolute atomic E-state index is 13.0. The Bertz CT molecular complexity index is 1020. The van der Waals surface area contributed by atoms with Crippen LogP contribution in [0.3, 0.4) is 0 Å². The average molecular weight is 455 g/mol. The fourth-order valence-corrected chi connectivity index (χ4v) is 4.32. The third-order valence-electron chi connectivity index (χ3n) is 5.45. The third kappa shape index (κ3) is 6.05. The monoisotopic (exact) mass is 454 g/mol. The van der Waals surface area contributed by atoms with Crippen LogP contribution >= 0.6 is 11.3 Å². The fraction of sp³-hybridized carbons (Fsp3) is 0.333. The Hall–Kier alpha value is -2.97. The van der Waals surface area contributed by atoms with Gasteiger partial charge >= 0.3 is 0 Å². The van der Waals surface area contributed by atoms with E-state index in [4.69, 9.17) is 4.74 Å². The van der Waals surface area contributed by atoms with Gasteiger partial charge in [0.15, 0.2) is 0 Å². The van der Waals surface area contributed by atoms with Crippen LogP contribution in [0, 0.1) is 5.82 Å². The number of nitrogens with one attached hydrogen (secondary N) is 1. The number of anilines is 2. The summed E-state index contributed by atoms with van der Waals surface area (Å²) in [6.45, 7) is 7.79. The first-order valence-electron chi connectivity index (χ1n) is 10.8. The summed E-state index contributed by atoms with van der Waals surface area (Å²) in [7, 11) is 0. The lowest BCUT2D eigenvalue weighted by Gasteiger charge is -2.35. The number of benzene rings is 2.